The van der Waals surface area contributed by atoms with Gasteiger partial charge in [0.05, 0.1) is 19.0 Å². The number of amides is 1. The average Bonchev–Trinajstić information content (AvgIpc) is 3.39. The zero-order valence-corrected chi connectivity index (χ0v) is 15.3. The maximum atomic E-state index is 13.8. The Morgan fingerprint density at radius 2 is 2.07 bits per heavy atom. The summed E-state index contributed by atoms with van der Waals surface area (Å²) < 4.78 is 16.4. The standard InChI is InChI=1S/C18H18FN5O2S/c19-15-7-2-1-5-13(15)11-16(25)22-9-3-6-14(22)12-23-18(26)24(21-20-23)17-8-4-10-27-17/h1-2,4-5,7-8,10,14H,3,6,9,11-12H2/t14-/m1/s1. The number of nitrogens with zero attached hydrogens (tertiary/aromatic N) is 5. The Morgan fingerprint density at radius 1 is 1.22 bits per heavy atom. The van der Waals surface area contributed by atoms with Crippen molar-refractivity contribution < 1.29 is 9.18 Å². The lowest BCUT2D eigenvalue weighted by atomic mass is 10.1. The molecule has 1 amide bonds. The van der Waals surface area contributed by atoms with Crippen molar-refractivity contribution in [2.75, 3.05) is 6.54 Å². The number of aromatic nitrogens is 4. The van der Waals surface area contributed by atoms with Gasteiger partial charge in [0.1, 0.15) is 10.8 Å². The molecule has 0 spiro atoms. The molecular weight excluding hydrogens is 369 g/mol. The highest BCUT2D eigenvalue weighted by atomic mass is 32.1. The van der Waals surface area contributed by atoms with Gasteiger partial charge in [-0.25, -0.2) is 9.18 Å². The van der Waals surface area contributed by atoms with Crippen LogP contribution in [0.3, 0.4) is 0 Å². The van der Waals surface area contributed by atoms with Crippen LogP contribution in [0.5, 0.6) is 0 Å². The number of carbonyl (C=O) groups is 1. The summed E-state index contributed by atoms with van der Waals surface area (Å²) >= 11 is 1.40. The third-order valence-corrected chi connectivity index (χ3v) is 5.58. The maximum absolute atomic E-state index is 13.8. The van der Waals surface area contributed by atoms with Crippen LogP contribution in [0.25, 0.3) is 5.00 Å². The van der Waals surface area contributed by atoms with Crippen LogP contribution in [0.15, 0.2) is 46.6 Å². The zero-order valence-electron chi connectivity index (χ0n) is 14.5. The smallest absolute Gasteiger partial charge is 0.338 e. The molecule has 140 valence electrons. The zero-order chi connectivity index (χ0) is 18.8. The summed E-state index contributed by atoms with van der Waals surface area (Å²) in [5, 5.41) is 10.4. The van der Waals surface area contributed by atoms with E-state index in [-0.39, 0.29) is 36.4 Å². The molecule has 1 saturated heterocycles. The molecule has 1 fully saturated rings. The third-order valence-electron chi connectivity index (χ3n) is 4.73. The summed E-state index contributed by atoms with van der Waals surface area (Å²) in [6.45, 7) is 0.888. The van der Waals surface area contributed by atoms with Crippen LogP contribution in [0.2, 0.25) is 0 Å². The van der Waals surface area contributed by atoms with Crippen molar-refractivity contribution in [2.24, 2.45) is 0 Å². The molecule has 0 bridgehead atoms. The Bertz CT molecular complexity index is 997. The summed E-state index contributed by atoms with van der Waals surface area (Å²) in [6.07, 6.45) is 1.64. The molecule has 7 nitrogen and oxygen atoms in total. The van der Waals surface area contributed by atoms with Gasteiger partial charge in [-0.05, 0) is 52.4 Å². The molecule has 3 aromatic rings. The number of halogens is 1. The van der Waals surface area contributed by atoms with Gasteiger partial charge in [0, 0.05) is 6.54 Å². The quantitative estimate of drug-likeness (QED) is 0.670. The fourth-order valence-corrected chi connectivity index (χ4v) is 4.05. The molecule has 1 atom stereocenters. The second-order valence-electron chi connectivity index (χ2n) is 6.46. The van der Waals surface area contributed by atoms with E-state index in [1.54, 1.807) is 29.2 Å². The third kappa shape index (κ3) is 3.55. The SMILES string of the molecule is O=C(Cc1ccccc1F)N1CCC[C@@H]1Cn1nnn(-c2cccs2)c1=O. The van der Waals surface area contributed by atoms with Crippen LogP contribution in [-0.4, -0.2) is 43.2 Å². The number of thiophene rings is 1. The van der Waals surface area contributed by atoms with Crippen LogP contribution in [0.1, 0.15) is 18.4 Å². The van der Waals surface area contributed by atoms with E-state index in [0.29, 0.717) is 17.1 Å². The molecule has 0 N–H and O–H groups in total. The molecule has 1 aromatic carbocycles. The van der Waals surface area contributed by atoms with E-state index in [1.807, 2.05) is 11.4 Å². The molecular formula is C18H18FN5O2S. The van der Waals surface area contributed by atoms with Gasteiger partial charge in [0.25, 0.3) is 0 Å². The van der Waals surface area contributed by atoms with Crippen LogP contribution >= 0.6 is 11.3 Å². The number of carbonyl (C=O) groups excluding carboxylic acids is 1. The van der Waals surface area contributed by atoms with Gasteiger partial charge in [0.2, 0.25) is 5.91 Å². The summed E-state index contributed by atoms with van der Waals surface area (Å²) in [5.41, 5.74) is 0.0554. The molecule has 1 aliphatic heterocycles. The highest BCUT2D eigenvalue weighted by Crippen LogP contribution is 2.20. The first-order valence-corrected chi connectivity index (χ1v) is 9.61. The van der Waals surface area contributed by atoms with Gasteiger partial charge < -0.3 is 4.90 Å². The molecule has 3 heterocycles. The molecule has 2 aromatic heterocycles. The average molecular weight is 387 g/mol. The van der Waals surface area contributed by atoms with Gasteiger partial charge in [-0.2, -0.15) is 9.36 Å². The number of hydrogen-bond acceptors (Lipinski definition) is 5. The maximum Gasteiger partial charge on any atom is 0.369 e. The largest absolute Gasteiger partial charge is 0.369 e. The minimum absolute atomic E-state index is 0.0138. The molecule has 4 rings (SSSR count). The first kappa shape index (κ1) is 17.6. The fourth-order valence-electron chi connectivity index (χ4n) is 3.38. The molecule has 0 radical (unpaired) electrons. The van der Waals surface area contributed by atoms with Gasteiger partial charge in [-0.1, -0.05) is 18.2 Å². The first-order valence-electron chi connectivity index (χ1n) is 8.73. The highest BCUT2D eigenvalue weighted by molar-refractivity contribution is 7.12. The minimum Gasteiger partial charge on any atom is -0.338 e. The molecule has 27 heavy (non-hydrogen) atoms. The second-order valence-corrected chi connectivity index (χ2v) is 7.38. The van der Waals surface area contributed by atoms with E-state index in [4.69, 9.17) is 0 Å². The van der Waals surface area contributed by atoms with Crippen molar-refractivity contribution in [1.82, 2.24) is 24.7 Å². The van der Waals surface area contributed by atoms with Crippen LogP contribution in [-0.2, 0) is 17.8 Å². The predicted octanol–water partition coefficient (Wildman–Crippen LogP) is 1.86. The van der Waals surface area contributed by atoms with Crippen LogP contribution < -0.4 is 5.69 Å². The number of tetrazole rings is 1. The Balaban J connectivity index is 1.48. The molecule has 1 aliphatic rings. The lowest BCUT2D eigenvalue weighted by Gasteiger charge is -2.24. The summed E-state index contributed by atoms with van der Waals surface area (Å²) in [7, 11) is 0. The van der Waals surface area contributed by atoms with Crippen LogP contribution in [0.4, 0.5) is 4.39 Å². The first-order chi connectivity index (χ1) is 13.1. The second kappa shape index (κ2) is 7.43. The van der Waals surface area contributed by atoms with Crippen molar-refractivity contribution in [3.05, 3.63) is 63.6 Å². The molecule has 0 saturated carbocycles. The van der Waals surface area contributed by atoms with Crippen molar-refractivity contribution >= 4 is 17.2 Å². The van der Waals surface area contributed by atoms with E-state index in [1.165, 1.54) is 26.8 Å². The Labute approximate surface area is 158 Å². The molecule has 0 unspecified atom stereocenters. The number of hydrogen-bond donors (Lipinski definition) is 0. The fraction of sp³-hybridized carbons (Fsp3) is 0.333. The van der Waals surface area contributed by atoms with Crippen molar-refractivity contribution in [3.63, 3.8) is 0 Å². The van der Waals surface area contributed by atoms with E-state index in [0.717, 1.165) is 12.8 Å². The minimum atomic E-state index is -0.378. The normalized spacial score (nSPS) is 16.8. The van der Waals surface area contributed by atoms with Crippen molar-refractivity contribution in [3.8, 4) is 5.00 Å². The van der Waals surface area contributed by atoms with E-state index in [9.17, 15) is 14.0 Å². The number of benzene rings is 1. The molecule has 9 heteroatoms. The Morgan fingerprint density at radius 3 is 2.85 bits per heavy atom. The predicted molar refractivity (Wildman–Crippen MR) is 98.3 cm³/mol. The molecule has 0 aliphatic carbocycles. The highest BCUT2D eigenvalue weighted by Gasteiger charge is 2.30. The van der Waals surface area contributed by atoms with Crippen molar-refractivity contribution in [1.29, 1.82) is 0 Å². The van der Waals surface area contributed by atoms with Crippen molar-refractivity contribution in [2.45, 2.75) is 31.8 Å². The van der Waals surface area contributed by atoms with E-state index in [2.05, 4.69) is 10.4 Å². The van der Waals surface area contributed by atoms with Crippen LogP contribution in [0, 0.1) is 5.82 Å². The number of rotatable bonds is 5. The van der Waals surface area contributed by atoms with Gasteiger partial charge in [-0.3, -0.25) is 4.79 Å². The Kier molecular flexibility index (Phi) is 4.85. The summed E-state index contributed by atoms with van der Waals surface area (Å²) in [6, 6.07) is 9.79. The lowest BCUT2D eigenvalue weighted by Crippen LogP contribution is -2.41. The topological polar surface area (TPSA) is 73.0 Å². The van der Waals surface area contributed by atoms with E-state index >= 15 is 0 Å². The summed E-state index contributed by atoms with van der Waals surface area (Å²) in [4.78, 5) is 26.9. The van der Waals surface area contributed by atoms with E-state index < -0.39 is 0 Å². The van der Waals surface area contributed by atoms with Gasteiger partial charge in [0.15, 0.2) is 0 Å². The number of likely N-dealkylation sites (tertiary alicyclic amines) is 1. The Hall–Kier alpha value is -2.81. The summed E-state index contributed by atoms with van der Waals surface area (Å²) in [5.74, 6) is -0.516. The van der Waals surface area contributed by atoms with Gasteiger partial charge in [-0.15, -0.1) is 11.3 Å². The lowest BCUT2D eigenvalue weighted by molar-refractivity contribution is -0.131. The van der Waals surface area contributed by atoms with Gasteiger partial charge >= 0.3 is 5.69 Å². The monoisotopic (exact) mass is 387 g/mol.